The Morgan fingerprint density at radius 2 is 1.68 bits per heavy atom. The smallest absolute Gasteiger partial charge is 0.321 e. The Morgan fingerprint density at radius 3 is 2.26 bits per heavy atom. The van der Waals surface area contributed by atoms with Crippen molar-refractivity contribution in [2.24, 2.45) is 44.8 Å². The lowest BCUT2D eigenvalue weighted by atomic mass is 9.34. The second-order valence-corrected chi connectivity index (χ2v) is 12.0. The van der Waals surface area contributed by atoms with Crippen LogP contribution >= 0.6 is 0 Å². The predicted octanol–water partition coefficient (Wildman–Crippen LogP) is 4.12. The molecule has 0 radical (unpaired) electrons. The van der Waals surface area contributed by atoms with Gasteiger partial charge in [-0.25, -0.2) is 0 Å². The molecular weight excluding hydrogens is 392 g/mol. The minimum Gasteiger partial charge on any atom is -0.468 e. The van der Waals surface area contributed by atoms with E-state index in [9.17, 15) is 19.5 Å². The van der Waals surface area contributed by atoms with E-state index in [1.165, 1.54) is 7.11 Å². The first-order valence-electron chi connectivity index (χ1n) is 11.7. The Hall–Kier alpha value is -1.49. The van der Waals surface area contributed by atoms with E-state index in [2.05, 4.69) is 33.8 Å². The molecule has 4 rings (SSSR count). The highest BCUT2D eigenvalue weighted by molar-refractivity contribution is 6.25. The Bertz CT molecular complexity index is 901. The molecule has 0 amide bonds. The highest BCUT2D eigenvalue weighted by Crippen LogP contribution is 2.76. The highest BCUT2D eigenvalue weighted by atomic mass is 16.5. The number of esters is 1. The number of carbonyl (C=O) groups excluding carboxylic acids is 3. The van der Waals surface area contributed by atoms with Crippen molar-refractivity contribution in [2.75, 3.05) is 7.11 Å². The lowest BCUT2D eigenvalue weighted by Crippen LogP contribution is -2.69. The van der Waals surface area contributed by atoms with E-state index < -0.39 is 28.1 Å². The van der Waals surface area contributed by atoms with Crippen molar-refractivity contribution in [1.82, 2.24) is 0 Å². The number of fused-ring (bicyclic) bond motifs is 5. The van der Waals surface area contributed by atoms with E-state index in [0.29, 0.717) is 12.8 Å². The minimum absolute atomic E-state index is 0.0558. The average Bonchev–Trinajstić information content (AvgIpc) is 2.86. The lowest BCUT2D eigenvalue weighted by Gasteiger charge is -2.68. The van der Waals surface area contributed by atoms with Gasteiger partial charge in [-0.3, -0.25) is 14.4 Å². The van der Waals surface area contributed by atoms with Crippen LogP contribution in [0.3, 0.4) is 0 Å². The summed E-state index contributed by atoms with van der Waals surface area (Å²) in [7, 11) is 1.33. The Labute approximate surface area is 186 Å². The number of methoxy groups -OCH3 is 1. The van der Waals surface area contributed by atoms with E-state index >= 15 is 0 Å². The van der Waals surface area contributed by atoms with Gasteiger partial charge in [-0.05, 0) is 74.5 Å². The number of allylic oxidation sites excluding steroid dienone is 2. The molecule has 0 saturated heterocycles. The fourth-order valence-corrected chi connectivity index (χ4v) is 9.03. The number of aliphatic hydroxyl groups is 1. The van der Waals surface area contributed by atoms with Crippen LogP contribution in [0.5, 0.6) is 0 Å². The van der Waals surface area contributed by atoms with Gasteiger partial charge in [-0.15, -0.1) is 0 Å². The average molecular weight is 431 g/mol. The third-order valence-electron chi connectivity index (χ3n) is 10.8. The first kappa shape index (κ1) is 22.7. The lowest BCUT2D eigenvalue weighted by molar-refractivity contribution is -0.214. The molecule has 0 aromatic carbocycles. The molecule has 0 aromatic rings. The summed E-state index contributed by atoms with van der Waals surface area (Å²) in [5, 5.41) is 10.8. The molecular formula is C26H38O5. The number of ketones is 2. The van der Waals surface area contributed by atoms with Gasteiger partial charge in [-0.2, -0.15) is 0 Å². The molecule has 3 fully saturated rings. The van der Waals surface area contributed by atoms with Crippen LogP contribution in [-0.2, 0) is 19.1 Å². The van der Waals surface area contributed by atoms with Crippen molar-refractivity contribution in [3.8, 4) is 0 Å². The summed E-state index contributed by atoms with van der Waals surface area (Å²) in [5.74, 6) is -1.62. The number of rotatable bonds is 1. The monoisotopic (exact) mass is 430 g/mol. The molecule has 172 valence electrons. The van der Waals surface area contributed by atoms with Crippen molar-refractivity contribution in [3.05, 3.63) is 11.6 Å². The largest absolute Gasteiger partial charge is 0.468 e. The van der Waals surface area contributed by atoms with Crippen LogP contribution in [0, 0.1) is 44.8 Å². The van der Waals surface area contributed by atoms with E-state index in [-0.39, 0.29) is 40.3 Å². The molecule has 0 aromatic heterocycles. The molecule has 1 N–H and O–H groups in total. The van der Waals surface area contributed by atoms with Gasteiger partial charge in [0.25, 0.3) is 0 Å². The first-order chi connectivity index (χ1) is 14.2. The number of Topliss-reactive ketones (excluding diaryl/α,β-unsaturated/α-hetero) is 2. The molecule has 31 heavy (non-hydrogen) atoms. The maximum absolute atomic E-state index is 13.9. The summed E-state index contributed by atoms with van der Waals surface area (Å²) >= 11 is 0. The van der Waals surface area contributed by atoms with E-state index in [4.69, 9.17) is 4.74 Å². The Morgan fingerprint density at radius 1 is 1.06 bits per heavy atom. The van der Waals surface area contributed by atoms with Gasteiger partial charge in [-0.1, -0.05) is 39.3 Å². The fraction of sp³-hybridized carbons (Fsp3) is 0.808. The Kier molecular flexibility index (Phi) is 4.61. The normalized spacial score (nSPS) is 50.8. The molecule has 5 nitrogen and oxygen atoms in total. The molecule has 0 heterocycles. The van der Waals surface area contributed by atoms with Gasteiger partial charge in [0.1, 0.15) is 5.41 Å². The quantitative estimate of drug-likeness (QED) is 0.384. The summed E-state index contributed by atoms with van der Waals surface area (Å²) in [4.78, 5) is 41.1. The maximum Gasteiger partial charge on any atom is 0.321 e. The van der Waals surface area contributed by atoms with E-state index in [0.717, 1.165) is 18.4 Å². The van der Waals surface area contributed by atoms with E-state index in [1.54, 1.807) is 13.8 Å². The van der Waals surface area contributed by atoms with Crippen LogP contribution in [0.15, 0.2) is 11.6 Å². The van der Waals surface area contributed by atoms with Crippen LogP contribution in [0.1, 0.15) is 74.1 Å². The van der Waals surface area contributed by atoms with Crippen LogP contribution < -0.4 is 0 Å². The minimum atomic E-state index is -1.51. The van der Waals surface area contributed by atoms with Crippen LogP contribution in [0.4, 0.5) is 0 Å². The maximum atomic E-state index is 13.9. The topological polar surface area (TPSA) is 80.7 Å². The SMILES string of the molecule is COC(=O)[C@@]12C(=O)[C@H](C)C(=O)[C@]1(C)C(C)=C[C@H]1[C@]3(C)CC[C@H](O)C(C)(C)[C@H]3CC[C@@]12C. The molecule has 4 aliphatic carbocycles. The standard InChI is InChI=1S/C26H38O5/c1-14-13-17-23(5)11-10-18(27)22(3,4)16(23)9-12-24(17,6)26(21(30)31-8)20(29)15(2)19(28)25(14,26)7/h13,15-18,27H,9-12H2,1-8H3/t15-,16-,17+,18+,23-,24+,25+,26-/m1/s1. The second kappa shape index (κ2) is 6.30. The summed E-state index contributed by atoms with van der Waals surface area (Å²) in [5.41, 5.74) is -3.05. The van der Waals surface area contributed by atoms with Gasteiger partial charge >= 0.3 is 5.97 Å². The van der Waals surface area contributed by atoms with Crippen molar-refractivity contribution in [1.29, 1.82) is 0 Å². The van der Waals surface area contributed by atoms with Crippen molar-refractivity contribution < 1.29 is 24.2 Å². The molecule has 0 spiro atoms. The van der Waals surface area contributed by atoms with Gasteiger partial charge in [0, 0.05) is 0 Å². The fourth-order valence-electron chi connectivity index (χ4n) is 9.03. The molecule has 8 atom stereocenters. The van der Waals surface area contributed by atoms with Crippen molar-refractivity contribution >= 4 is 17.5 Å². The third kappa shape index (κ3) is 2.15. The summed E-state index contributed by atoms with van der Waals surface area (Å²) in [6.45, 7) is 14.0. The van der Waals surface area contributed by atoms with Gasteiger partial charge in [0.05, 0.1) is 24.5 Å². The van der Waals surface area contributed by atoms with E-state index in [1.807, 2.05) is 6.92 Å². The number of hydrogen-bond acceptors (Lipinski definition) is 5. The summed E-state index contributed by atoms with van der Waals surface area (Å²) in [6.07, 6.45) is 4.84. The van der Waals surface area contributed by atoms with Gasteiger partial charge in [0.15, 0.2) is 11.6 Å². The number of hydrogen-bond donors (Lipinski definition) is 1. The number of ether oxygens (including phenoxy) is 1. The Balaban J connectivity index is 2.03. The van der Waals surface area contributed by atoms with Crippen LogP contribution in [-0.4, -0.2) is 35.9 Å². The predicted molar refractivity (Wildman–Crippen MR) is 117 cm³/mol. The van der Waals surface area contributed by atoms with Gasteiger partial charge in [0.2, 0.25) is 0 Å². The van der Waals surface area contributed by atoms with Crippen molar-refractivity contribution in [2.45, 2.75) is 80.3 Å². The third-order valence-corrected chi connectivity index (χ3v) is 10.8. The van der Waals surface area contributed by atoms with Crippen LogP contribution in [0.2, 0.25) is 0 Å². The number of carbonyl (C=O) groups is 3. The summed E-state index contributed by atoms with van der Waals surface area (Å²) < 4.78 is 5.34. The first-order valence-corrected chi connectivity index (χ1v) is 11.7. The van der Waals surface area contributed by atoms with Crippen LogP contribution in [0.25, 0.3) is 0 Å². The van der Waals surface area contributed by atoms with Crippen molar-refractivity contribution in [3.63, 3.8) is 0 Å². The number of aliphatic hydroxyl groups excluding tert-OH is 1. The zero-order valence-corrected chi connectivity index (χ0v) is 20.3. The molecule has 5 heteroatoms. The molecule has 0 bridgehead atoms. The summed E-state index contributed by atoms with van der Waals surface area (Å²) in [6, 6.07) is 0. The zero-order chi connectivity index (χ0) is 23.4. The molecule has 3 saturated carbocycles. The molecule has 0 unspecified atom stereocenters. The zero-order valence-electron chi connectivity index (χ0n) is 20.3. The highest BCUT2D eigenvalue weighted by Gasteiger charge is 2.82. The second-order valence-electron chi connectivity index (χ2n) is 12.0. The molecule has 0 aliphatic heterocycles. The van der Waals surface area contributed by atoms with Gasteiger partial charge < -0.3 is 9.84 Å². The molecule has 4 aliphatic rings.